The number of ketones is 1. The number of urea groups is 1. The third kappa shape index (κ3) is 4.28. The van der Waals surface area contributed by atoms with Gasteiger partial charge in [-0.3, -0.25) is 9.36 Å². The molecule has 1 aromatic heterocycles. The number of aromatic hydroxyl groups is 1. The molecule has 1 saturated heterocycles. The molecule has 0 aliphatic carbocycles. The number of primary amides is 1. The SMILES string of the molecule is NC(=O)n1cc(NC(=O)N2C[C@@H](N)C[C@H]2C(=O)CCc2ccc(O)cc2)c2ccccc21. The highest BCUT2D eigenvalue weighted by Gasteiger charge is 2.38. The third-order valence-corrected chi connectivity index (χ3v) is 5.75. The van der Waals surface area contributed by atoms with Gasteiger partial charge in [-0.15, -0.1) is 0 Å². The molecule has 166 valence electrons. The molecule has 1 aliphatic heterocycles. The summed E-state index contributed by atoms with van der Waals surface area (Å²) in [5.41, 5.74) is 13.5. The first kappa shape index (κ1) is 21.4. The zero-order chi connectivity index (χ0) is 22.8. The summed E-state index contributed by atoms with van der Waals surface area (Å²) in [5.74, 6) is 0.100. The predicted octanol–water partition coefficient (Wildman–Crippen LogP) is 2.41. The molecule has 2 aromatic carbocycles. The normalized spacial score (nSPS) is 18.1. The summed E-state index contributed by atoms with van der Waals surface area (Å²) in [4.78, 5) is 39.2. The van der Waals surface area contributed by atoms with Crippen LogP contribution in [-0.2, 0) is 11.2 Å². The molecule has 2 heterocycles. The van der Waals surface area contributed by atoms with Crippen LogP contribution in [0.2, 0.25) is 0 Å². The van der Waals surface area contributed by atoms with Gasteiger partial charge < -0.3 is 26.8 Å². The van der Waals surface area contributed by atoms with Crippen LogP contribution in [-0.4, -0.2) is 51.0 Å². The number of Topliss-reactive ketones (excluding diaryl/α,β-unsaturated/α-hetero) is 1. The maximum absolute atomic E-state index is 13.1. The first-order chi connectivity index (χ1) is 15.3. The average Bonchev–Trinajstić information content (AvgIpc) is 3.34. The fourth-order valence-electron chi connectivity index (χ4n) is 4.14. The minimum atomic E-state index is -0.660. The number of para-hydroxylation sites is 1. The highest BCUT2D eigenvalue weighted by molar-refractivity contribution is 6.05. The molecule has 1 aliphatic rings. The maximum Gasteiger partial charge on any atom is 0.323 e. The lowest BCUT2D eigenvalue weighted by Crippen LogP contribution is -2.43. The van der Waals surface area contributed by atoms with Crippen molar-refractivity contribution >= 4 is 34.4 Å². The van der Waals surface area contributed by atoms with E-state index >= 15 is 0 Å². The van der Waals surface area contributed by atoms with Gasteiger partial charge in [0.2, 0.25) is 0 Å². The Bertz CT molecular complexity index is 1170. The van der Waals surface area contributed by atoms with E-state index in [1.165, 1.54) is 15.7 Å². The summed E-state index contributed by atoms with van der Waals surface area (Å²) in [6.45, 7) is 0.260. The molecule has 4 rings (SSSR count). The van der Waals surface area contributed by atoms with Crippen LogP contribution in [0.4, 0.5) is 15.3 Å². The number of nitrogens with one attached hydrogen (secondary N) is 1. The number of hydrogen-bond donors (Lipinski definition) is 4. The van der Waals surface area contributed by atoms with Crippen LogP contribution >= 0.6 is 0 Å². The van der Waals surface area contributed by atoms with E-state index in [2.05, 4.69) is 5.32 Å². The minimum Gasteiger partial charge on any atom is -0.508 e. The second-order valence-corrected chi connectivity index (χ2v) is 8.00. The van der Waals surface area contributed by atoms with Crippen LogP contribution in [0.1, 0.15) is 18.4 Å². The van der Waals surface area contributed by atoms with E-state index in [9.17, 15) is 19.5 Å². The largest absolute Gasteiger partial charge is 0.508 e. The molecular weight excluding hydrogens is 410 g/mol. The number of carbonyl (C=O) groups is 3. The van der Waals surface area contributed by atoms with Crippen LogP contribution in [0, 0.1) is 0 Å². The number of nitrogens with zero attached hydrogens (tertiary/aromatic N) is 2. The van der Waals surface area contributed by atoms with Crippen LogP contribution in [0.3, 0.4) is 0 Å². The Labute approximate surface area is 184 Å². The molecule has 0 spiro atoms. The van der Waals surface area contributed by atoms with Gasteiger partial charge in [0.1, 0.15) is 5.75 Å². The van der Waals surface area contributed by atoms with Crippen molar-refractivity contribution in [1.29, 1.82) is 0 Å². The number of rotatable bonds is 5. The van der Waals surface area contributed by atoms with Gasteiger partial charge in [0.15, 0.2) is 5.78 Å². The molecule has 9 nitrogen and oxygen atoms in total. The maximum atomic E-state index is 13.1. The second-order valence-electron chi connectivity index (χ2n) is 8.00. The fraction of sp³-hybridized carbons (Fsp3) is 0.261. The quantitative estimate of drug-likeness (QED) is 0.486. The lowest BCUT2D eigenvalue weighted by atomic mass is 10.0. The molecule has 9 heteroatoms. The van der Waals surface area contributed by atoms with E-state index in [-0.39, 0.29) is 30.5 Å². The molecule has 0 saturated carbocycles. The first-order valence-corrected chi connectivity index (χ1v) is 10.4. The van der Waals surface area contributed by atoms with Gasteiger partial charge >= 0.3 is 12.1 Å². The van der Waals surface area contributed by atoms with Crippen molar-refractivity contribution in [3.8, 4) is 5.75 Å². The number of carbonyl (C=O) groups excluding carboxylic acids is 3. The van der Waals surface area contributed by atoms with E-state index in [0.29, 0.717) is 29.4 Å². The van der Waals surface area contributed by atoms with Gasteiger partial charge in [-0.1, -0.05) is 30.3 Å². The summed E-state index contributed by atoms with van der Waals surface area (Å²) >= 11 is 0. The van der Waals surface area contributed by atoms with Crippen molar-refractivity contribution in [2.75, 3.05) is 11.9 Å². The summed E-state index contributed by atoms with van der Waals surface area (Å²) in [7, 11) is 0. The number of benzene rings is 2. The Balaban J connectivity index is 1.48. The Morgan fingerprint density at radius 2 is 1.81 bits per heavy atom. The van der Waals surface area contributed by atoms with Crippen LogP contribution in [0.15, 0.2) is 54.7 Å². The number of nitrogens with two attached hydrogens (primary N) is 2. The van der Waals surface area contributed by atoms with Crippen molar-refractivity contribution in [3.63, 3.8) is 0 Å². The molecular formula is C23H25N5O4. The molecule has 0 bridgehead atoms. The number of amides is 3. The van der Waals surface area contributed by atoms with Crippen LogP contribution < -0.4 is 16.8 Å². The van der Waals surface area contributed by atoms with E-state index < -0.39 is 18.1 Å². The van der Waals surface area contributed by atoms with Gasteiger partial charge in [-0.05, 0) is 36.6 Å². The Hall–Kier alpha value is -3.85. The number of phenolic OH excluding ortho intramolecular Hbond substituents is 1. The molecule has 0 radical (unpaired) electrons. The standard InChI is InChI=1S/C23H25N5O4/c24-15-11-20(21(30)10-7-14-5-8-16(29)9-6-14)28(12-15)23(32)26-18-13-27(22(25)31)19-4-2-1-3-17(18)19/h1-6,8-9,13,15,20,29H,7,10-12,24H2,(H2,25,31)(H,26,32)/t15-,20-/m0/s1. The van der Waals surface area contributed by atoms with Gasteiger partial charge in [0.25, 0.3) is 0 Å². The average molecular weight is 435 g/mol. The van der Waals surface area contributed by atoms with Gasteiger partial charge in [-0.25, -0.2) is 9.59 Å². The van der Waals surface area contributed by atoms with Crippen molar-refractivity contribution in [3.05, 3.63) is 60.3 Å². The smallest absolute Gasteiger partial charge is 0.323 e. The number of likely N-dealkylation sites (tertiary alicyclic amines) is 1. The fourth-order valence-corrected chi connectivity index (χ4v) is 4.14. The topological polar surface area (TPSA) is 144 Å². The summed E-state index contributed by atoms with van der Waals surface area (Å²) in [6, 6.07) is 11.7. The van der Waals surface area contributed by atoms with Crippen molar-refractivity contribution in [1.82, 2.24) is 9.47 Å². The van der Waals surface area contributed by atoms with Crippen LogP contribution in [0.25, 0.3) is 10.9 Å². The molecule has 0 unspecified atom stereocenters. The first-order valence-electron chi connectivity index (χ1n) is 10.4. The molecule has 3 aromatic rings. The number of aryl methyl sites for hydroxylation is 1. The number of fused-ring (bicyclic) bond motifs is 1. The Morgan fingerprint density at radius 3 is 2.53 bits per heavy atom. The summed E-state index contributed by atoms with van der Waals surface area (Å²) < 4.78 is 1.26. The van der Waals surface area contributed by atoms with Gasteiger partial charge in [-0.2, -0.15) is 0 Å². The summed E-state index contributed by atoms with van der Waals surface area (Å²) in [5, 5.41) is 12.9. The zero-order valence-corrected chi connectivity index (χ0v) is 17.4. The van der Waals surface area contributed by atoms with E-state index in [1.54, 1.807) is 48.5 Å². The Morgan fingerprint density at radius 1 is 1.09 bits per heavy atom. The van der Waals surface area contributed by atoms with E-state index in [1.807, 2.05) is 0 Å². The number of anilines is 1. The monoisotopic (exact) mass is 435 g/mol. The molecule has 6 N–H and O–H groups in total. The highest BCUT2D eigenvalue weighted by atomic mass is 16.3. The number of hydrogen-bond acceptors (Lipinski definition) is 5. The molecule has 1 fully saturated rings. The lowest BCUT2D eigenvalue weighted by molar-refractivity contribution is -0.122. The van der Waals surface area contributed by atoms with Crippen molar-refractivity contribution in [2.45, 2.75) is 31.3 Å². The van der Waals surface area contributed by atoms with E-state index in [4.69, 9.17) is 11.5 Å². The lowest BCUT2D eigenvalue weighted by Gasteiger charge is -2.23. The van der Waals surface area contributed by atoms with Crippen molar-refractivity contribution in [2.24, 2.45) is 11.5 Å². The van der Waals surface area contributed by atoms with Crippen molar-refractivity contribution < 1.29 is 19.5 Å². The van der Waals surface area contributed by atoms with Crippen LogP contribution in [0.5, 0.6) is 5.75 Å². The van der Waals surface area contributed by atoms with E-state index in [0.717, 1.165) is 5.56 Å². The zero-order valence-electron chi connectivity index (χ0n) is 17.4. The molecule has 2 atom stereocenters. The minimum absolute atomic E-state index is 0.0688. The molecule has 32 heavy (non-hydrogen) atoms. The highest BCUT2D eigenvalue weighted by Crippen LogP contribution is 2.27. The van der Waals surface area contributed by atoms with Gasteiger partial charge in [0, 0.05) is 30.6 Å². The van der Waals surface area contributed by atoms with Gasteiger partial charge in [0.05, 0.1) is 17.2 Å². The predicted molar refractivity (Wildman–Crippen MR) is 120 cm³/mol. The second kappa shape index (κ2) is 8.72. The number of aromatic nitrogens is 1. The summed E-state index contributed by atoms with van der Waals surface area (Å²) in [6.07, 6.45) is 2.63. The molecule has 3 amide bonds. The number of phenols is 1. The Kier molecular flexibility index (Phi) is 5.83. The third-order valence-electron chi connectivity index (χ3n) is 5.75.